The molecule has 0 unspecified atom stereocenters. The Morgan fingerprint density at radius 2 is 1.72 bits per heavy atom. The summed E-state index contributed by atoms with van der Waals surface area (Å²) in [4.78, 5) is 32.4. The number of urea groups is 1. The predicted octanol–water partition coefficient (Wildman–Crippen LogP) is 5.59. The van der Waals surface area contributed by atoms with Gasteiger partial charge < -0.3 is 25.8 Å². The van der Waals surface area contributed by atoms with Gasteiger partial charge in [-0.1, -0.05) is 67.6 Å². The summed E-state index contributed by atoms with van der Waals surface area (Å²) in [5.41, 5.74) is 5.11. The Bertz CT molecular complexity index is 1410. The van der Waals surface area contributed by atoms with Gasteiger partial charge in [-0.3, -0.25) is 4.79 Å². The van der Waals surface area contributed by atoms with Gasteiger partial charge in [0, 0.05) is 48.3 Å². The molecule has 39 heavy (non-hydrogen) atoms. The first kappa shape index (κ1) is 26.5. The zero-order chi connectivity index (χ0) is 27.2. The van der Waals surface area contributed by atoms with Gasteiger partial charge in [0.05, 0.1) is 0 Å². The van der Waals surface area contributed by atoms with Crippen molar-refractivity contribution >= 4 is 28.5 Å². The first-order chi connectivity index (χ1) is 19.0. The van der Waals surface area contributed by atoms with E-state index in [0.717, 1.165) is 34.9 Å². The fraction of sp³-hybridized carbons (Fsp3) is 0.312. The number of amides is 3. The van der Waals surface area contributed by atoms with Crippen molar-refractivity contribution in [2.75, 3.05) is 25.5 Å². The number of aromatic amines is 1. The molecule has 5 rings (SSSR count). The highest BCUT2D eigenvalue weighted by Crippen LogP contribution is 2.30. The van der Waals surface area contributed by atoms with Crippen LogP contribution in [-0.4, -0.2) is 48.0 Å². The number of piperidine rings is 1. The summed E-state index contributed by atoms with van der Waals surface area (Å²) < 4.78 is 0. The summed E-state index contributed by atoms with van der Waals surface area (Å²) in [6, 6.07) is 25.3. The predicted molar refractivity (Wildman–Crippen MR) is 157 cm³/mol. The zero-order valence-electron chi connectivity index (χ0n) is 22.6. The van der Waals surface area contributed by atoms with Gasteiger partial charge in [-0.05, 0) is 60.7 Å². The molecule has 2 atom stereocenters. The highest BCUT2D eigenvalue weighted by Gasteiger charge is 2.32. The highest BCUT2D eigenvalue weighted by atomic mass is 16.2. The molecular weight excluding hydrogens is 486 g/mol. The van der Waals surface area contributed by atoms with Gasteiger partial charge >= 0.3 is 6.03 Å². The van der Waals surface area contributed by atoms with E-state index in [1.807, 2.05) is 79.7 Å². The van der Waals surface area contributed by atoms with Crippen molar-refractivity contribution in [3.63, 3.8) is 0 Å². The monoisotopic (exact) mass is 523 g/mol. The fourth-order valence-electron chi connectivity index (χ4n) is 5.62. The van der Waals surface area contributed by atoms with Crippen LogP contribution in [0.4, 0.5) is 10.5 Å². The number of aromatic nitrogens is 1. The highest BCUT2D eigenvalue weighted by molar-refractivity contribution is 5.98. The van der Waals surface area contributed by atoms with E-state index in [0.29, 0.717) is 31.2 Å². The molecular formula is C32H37N5O2. The lowest BCUT2D eigenvalue weighted by atomic mass is 9.89. The maximum atomic E-state index is 13.7. The van der Waals surface area contributed by atoms with Crippen LogP contribution in [0.25, 0.3) is 10.9 Å². The number of carbonyl (C=O) groups is 2. The van der Waals surface area contributed by atoms with Gasteiger partial charge in [0.1, 0.15) is 6.04 Å². The van der Waals surface area contributed by atoms with Gasteiger partial charge in [0.25, 0.3) is 0 Å². The maximum Gasteiger partial charge on any atom is 0.318 e. The number of likely N-dealkylation sites (tertiary alicyclic amines) is 1. The SMILES string of the molecule is CNCc1cccc(NC(=O)[C@H](NC(=O)N2CCC(c3ccccc3)CC2)[C@H](C)c2c[nH]c3ccccc23)c1. The molecule has 1 aliphatic heterocycles. The Kier molecular flexibility index (Phi) is 8.27. The third-order valence-electron chi connectivity index (χ3n) is 7.80. The summed E-state index contributed by atoms with van der Waals surface area (Å²) >= 11 is 0. The average Bonchev–Trinajstić information content (AvgIpc) is 3.41. The van der Waals surface area contributed by atoms with Crippen molar-refractivity contribution in [2.24, 2.45) is 0 Å². The van der Waals surface area contributed by atoms with Crippen LogP contribution >= 0.6 is 0 Å². The van der Waals surface area contributed by atoms with Crippen LogP contribution in [0.1, 0.15) is 48.3 Å². The Labute approximate surface area is 230 Å². The second-order valence-corrected chi connectivity index (χ2v) is 10.4. The third-order valence-corrected chi connectivity index (χ3v) is 7.80. The van der Waals surface area contributed by atoms with Crippen LogP contribution in [0.3, 0.4) is 0 Å². The van der Waals surface area contributed by atoms with Crippen molar-refractivity contribution < 1.29 is 9.59 Å². The number of rotatable bonds is 8. The second kappa shape index (κ2) is 12.2. The molecule has 202 valence electrons. The first-order valence-electron chi connectivity index (χ1n) is 13.7. The number of H-pyrrole nitrogens is 1. The first-order valence-corrected chi connectivity index (χ1v) is 13.7. The quantitative estimate of drug-likeness (QED) is 0.243. The molecule has 7 heteroatoms. The zero-order valence-corrected chi connectivity index (χ0v) is 22.6. The number of fused-ring (bicyclic) bond motifs is 1. The summed E-state index contributed by atoms with van der Waals surface area (Å²) in [5.74, 6) is -0.0428. The van der Waals surface area contributed by atoms with Crippen LogP contribution in [0.2, 0.25) is 0 Å². The molecule has 4 N–H and O–H groups in total. The summed E-state index contributed by atoms with van der Waals surface area (Å²) in [7, 11) is 1.89. The van der Waals surface area contributed by atoms with E-state index < -0.39 is 6.04 Å². The van der Waals surface area contributed by atoms with Crippen LogP contribution in [0.15, 0.2) is 85.1 Å². The number of nitrogens with zero attached hydrogens (tertiary/aromatic N) is 1. The third kappa shape index (κ3) is 6.15. The van der Waals surface area contributed by atoms with Crippen molar-refractivity contribution in [2.45, 2.75) is 44.2 Å². The topological polar surface area (TPSA) is 89.3 Å². The molecule has 1 saturated heterocycles. The van der Waals surface area contributed by atoms with E-state index in [1.54, 1.807) is 0 Å². The van der Waals surface area contributed by atoms with Gasteiger partial charge in [-0.2, -0.15) is 0 Å². The number of hydrogen-bond acceptors (Lipinski definition) is 3. The molecule has 2 heterocycles. The maximum absolute atomic E-state index is 13.7. The lowest BCUT2D eigenvalue weighted by molar-refractivity contribution is -0.118. The van der Waals surface area contributed by atoms with Crippen LogP contribution in [0, 0.1) is 0 Å². The lowest BCUT2D eigenvalue weighted by Gasteiger charge is -2.34. The van der Waals surface area contributed by atoms with E-state index in [1.165, 1.54) is 5.56 Å². The Balaban J connectivity index is 1.34. The Morgan fingerprint density at radius 1 is 0.974 bits per heavy atom. The van der Waals surface area contributed by atoms with E-state index in [-0.39, 0.29) is 17.9 Å². The minimum atomic E-state index is -0.753. The van der Waals surface area contributed by atoms with Gasteiger partial charge in [0.15, 0.2) is 0 Å². The van der Waals surface area contributed by atoms with Gasteiger partial charge in [-0.15, -0.1) is 0 Å². The van der Waals surface area contributed by atoms with E-state index >= 15 is 0 Å². The van der Waals surface area contributed by atoms with E-state index in [2.05, 4.69) is 45.2 Å². The standard InChI is InChI=1S/C32H37N5O2/c1-22(28-21-34-29-14-7-6-13-27(28)29)30(31(38)35-26-12-8-9-23(19-26)20-33-2)36-32(39)37-17-15-25(16-18-37)24-10-4-3-5-11-24/h3-14,19,21-22,25,30,33-34H,15-18,20H2,1-2H3,(H,35,38)(H,36,39)/t22-,30-/m1/s1. The largest absolute Gasteiger partial charge is 0.361 e. The smallest absolute Gasteiger partial charge is 0.318 e. The summed E-state index contributed by atoms with van der Waals surface area (Å²) in [6.07, 6.45) is 3.76. The Morgan fingerprint density at radius 3 is 2.49 bits per heavy atom. The Hall–Kier alpha value is -4.10. The molecule has 0 bridgehead atoms. The number of benzene rings is 3. The van der Waals surface area contributed by atoms with E-state index in [4.69, 9.17) is 0 Å². The van der Waals surface area contributed by atoms with Crippen molar-refractivity contribution in [1.82, 2.24) is 20.5 Å². The number of hydrogen-bond donors (Lipinski definition) is 4. The molecule has 0 saturated carbocycles. The average molecular weight is 524 g/mol. The number of nitrogens with one attached hydrogen (secondary N) is 4. The minimum Gasteiger partial charge on any atom is -0.361 e. The lowest BCUT2D eigenvalue weighted by Crippen LogP contribution is -2.53. The van der Waals surface area contributed by atoms with Crippen molar-refractivity contribution in [1.29, 1.82) is 0 Å². The van der Waals surface area contributed by atoms with Crippen molar-refractivity contribution in [3.8, 4) is 0 Å². The summed E-state index contributed by atoms with van der Waals surface area (Å²) in [6.45, 7) is 4.02. The summed E-state index contributed by atoms with van der Waals surface area (Å²) in [5, 5.41) is 10.4. The van der Waals surface area contributed by atoms with E-state index in [9.17, 15) is 9.59 Å². The fourth-order valence-corrected chi connectivity index (χ4v) is 5.62. The molecule has 1 aromatic heterocycles. The number of anilines is 1. The van der Waals surface area contributed by atoms with Crippen LogP contribution in [-0.2, 0) is 11.3 Å². The molecule has 0 radical (unpaired) electrons. The van der Waals surface area contributed by atoms with Crippen LogP contribution in [0.5, 0.6) is 0 Å². The molecule has 4 aromatic rings. The molecule has 3 amide bonds. The van der Waals surface area contributed by atoms with Gasteiger partial charge in [-0.25, -0.2) is 4.79 Å². The molecule has 3 aromatic carbocycles. The number of carbonyl (C=O) groups excluding carboxylic acids is 2. The van der Waals surface area contributed by atoms with Crippen LogP contribution < -0.4 is 16.0 Å². The molecule has 0 aliphatic carbocycles. The molecule has 7 nitrogen and oxygen atoms in total. The van der Waals surface area contributed by atoms with Gasteiger partial charge in [0.2, 0.25) is 5.91 Å². The molecule has 0 spiro atoms. The normalized spacial score (nSPS) is 15.6. The second-order valence-electron chi connectivity index (χ2n) is 10.4. The minimum absolute atomic E-state index is 0.197. The molecule has 1 fully saturated rings. The van der Waals surface area contributed by atoms with Crippen molar-refractivity contribution in [3.05, 3.63) is 102 Å². The number of para-hydroxylation sites is 1. The molecule has 1 aliphatic rings.